The molecule has 0 saturated carbocycles. The van der Waals surface area contributed by atoms with Gasteiger partial charge in [0.25, 0.3) is 5.91 Å². The van der Waals surface area contributed by atoms with Crippen molar-refractivity contribution in [1.82, 2.24) is 0 Å². The van der Waals surface area contributed by atoms with E-state index in [4.69, 9.17) is 0 Å². The van der Waals surface area contributed by atoms with Crippen molar-refractivity contribution < 1.29 is 21.6 Å². The highest BCUT2D eigenvalue weighted by atomic mass is 32.2. The molecular weight excluding hydrogens is 390 g/mol. The van der Waals surface area contributed by atoms with Crippen LogP contribution in [0.15, 0.2) is 48.5 Å². The Labute approximate surface area is 159 Å². The Bertz CT molecular complexity index is 1010. The Morgan fingerprint density at radius 2 is 1.22 bits per heavy atom. The average Bonchev–Trinajstić information content (AvgIpc) is 2.55. The van der Waals surface area contributed by atoms with Gasteiger partial charge < -0.3 is 5.32 Å². The van der Waals surface area contributed by atoms with Gasteiger partial charge in [0.05, 0.1) is 11.5 Å². The van der Waals surface area contributed by atoms with E-state index in [1.165, 1.54) is 36.4 Å². The maximum absolute atomic E-state index is 12.3. The van der Waals surface area contributed by atoms with E-state index >= 15 is 0 Å². The molecule has 0 heterocycles. The number of carbonyl (C=O) groups is 1. The molecule has 10 heteroatoms. The van der Waals surface area contributed by atoms with Crippen LogP contribution >= 0.6 is 0 Å². The van der Waals surface area contributed by atoms with E-state index in [2.05, 4.69) is 14.8 Å². The molecule has 146 valence electrons. The summed E-state index contributed by atoms with van der Waals surface area (Å²) in [5.41, 5.74) is 1.60. The molecule has 27 heavy (non-hydrogen) atoms. The third-order valence-corrected chi connectivity index (χ3v) is 5.84. The van der Waals surface area contributed by atoms with Gasteiger partial charge in [-0.05, 0) is 62.4 Å². The van der Waals surface area contributed by atoms with Crippen molar-refractivity contribution in [2.45, 2.75) is 19.1 Å². The van der Waals surface area contributed by atoms with E-state index in [0.29, 0.717) is 22.6 Å². The number of hydrogen-bond donors (Lipinski definition) is 3. The lowest BCUT2D eigenvalue weighted by molar-refractivity contribution is 0.102. The second-order valence-electron chi connectivity index (χ2n) is 6.18. The minimum Gasteiger partial charge on any atom is -0.322 e. The third-order valence-electron chi connectivity index (χ3n) is 3.47. The van der Waals surface area contributed by atoms with Gasteiger partial charge in [-0.3, -0.25) is 14.2 Å². The average molecular weight is 412 g/mol. The van der Waals surface area contributed by atoms with Gasteiger partial charge in [0, 0.05) is 22.6 Å². The second-order valence-corrected chi connectivity index (χ2v) is 10.2. The molecule has 0 aliphatic carbocycles. The van der Waals surface area contributed by atoms with Crippen LogP contribution in [0.1, 0.15) is 24.2 Å². The monoisotopic (exact) mass is 411 g/mol. The normalized spacial score (nSPS) is 11.9. The molecule has 8 nitrogen and oxygen atoms in total. The van der Waals surface area contributed by atoms with Crippen LogP contribution < -0.4 is 14.8 Å². The summed E-state index contributed by atoms with van der Waals surface area (Å²) >= 11 is 0. The zero-order valence-electron chi connectivity index (χ0n) is 15.1. The van der Waals surface area contributed by atoms with E-state index in [1.54, 1.807) is 26.0 Å². The highest BCUT2D eigenvalue weighted by Gasteiger charge is 2.15. The Balaban J connectivity index is 2.04. The maximum Gasteiger partial charge on any atom is 0.255 e. The maximum atomic E-state index is 12.3. The van der Waals surface area contributed by atoms with Crippen molar-refractivity contribution in [2.24, 2.45) is 0 Å². The number of hydrogen-bond acceptors (Lipinski definition) is 5. The molecule has 1 amide bonds. The predicted molar refractivity (Wildman–Crippen MR) is 107 cm³/mol. The molecule has 0 atom stereocenters. The van der Waals surface area contributed by atoms with Crippen LogP contribution in [0.25, 0.3) is 0 Å². The number of nitrogens with one attached hydrogen (secondary N) is 3. The van der Waals surface area contributed by atoms with E-state index < -0.39 is 25.3 Å². The summed E-state index contributed by atoms with van der Waals surface area (Å²) in [7, 11) is -6.81. The summed E-state index contributed by atoms with van der Waals surface area (Å²) in [6.07, 6.45) is 1.05. The van der Waals surface area contributed by atoms with Crippen molar-refractivity contribution in [1.29, 1.82) is 0 Å². The van der Waals surface area contributed by atoms with E-state index in [9.17, 15) is 21.6 Å². The molecule has 2 aromatic rings. The number of benzene rings is 2. The number of amides is 1. The molecule has 0 radical (unpaired) electrons. The fourth-order valence-electron chi connectivity index (χ4n) is 2.01. The zero-order chi connectivity index (χ0) is 20.2. The number of sulfonamides is 2. The first kappa shape index (κ1) is 20.7. The predicted octanol–water partition coefficient (Wildman–Crippen LogP) is 2.46. The molecule has 0 bridgehead atoms. The molecule has 0 saturated heterocycles. The van der Waals surface area contributed by atoms with Gasteiger partial charge >= 0.3 is 0 Å². The van der Waals surface area contributed by atoms with Gasteiger partial charge in [-0.25, -0.2) is 16.8 Å². The van der Waals surface area contributed by atoms with Crippen molar-refractivity contribution in [3.05, 3.63) is 54.1 Å². The largest absolute Gasteiger partial charge is 0.322 e. The molecule has 0 aromatic heterocycles. The molecule has 0 aliphatic heterocycles. The topological polar surface area (TPSA) is 121 Å². The van der Waals surface area contributed by atoms with E-state index in [1.807, 2.05) is 0 Å². The molecule has 0 unspecified atom stereocenters. The Hall–Kier alpha value is -2.59. The first-order valence-electron chi connectivity index (χ1n) is 7.97. The lowest BCUT2D eigenvalue weighted by Crippen LogP contribution is -2.22. The van der Waals surface area contributed by atoms with E-state index in [-0.39, 0.29) is 5.91 Å². The summed E-state index contributed by atoms with van der Waals surface area (Å²) in [5, 5.41) is 2.11. The molecule has 2 aromatic carbocycles. The van der Waals surface area contributed by atoms with Crippen molar-refractivity contribution in [2.75, 3.05) is 21.0 Å². The highest BCUT2D eigenvalue weighted by Crippen LogP contribution is 2.17. The van der Waals surface area contributed by atoms with Crippen LogP contribution in [-0.2, 0) is 20.0 Å². The van der Waals surface area contributed by atoms with Crippen LogP contribution in [0.5, 0.6) is 0 Å². The minimum atomic E-state index is -3.45. The summed E-state index contributed by atoms with van der Waals surface area (Å²) in [6.45, 7) is 3.14. The molecule has 2 rings (SSSR count). The Morgan fingerprint density at radius 1 is 0.778 bits per heavy atom. The standard InChI is InChI=1S/C17H21N3O5S2/c1-12(2)27(24,25)20-16-6-4-13(5-7-16)17(21)18-14-8-10-15(11-9-14)19-26(3,22)23/h4-12,19-20H,1-3H3,(H,18,21). The van der Waals surface area contributed by atoms with Crippen molar-refractivity contribution in [3.63, 3.8) is 0 Å². The van der Waals surface area contributed by atoms with E-state index in [0.717, 1.165) is 6.26 Å². The van der Waals surface area contributed by atoms with Crippen LogP contribution in [0.4, 0.5) is 17.1 Å². The smallest absolute Gasteiger partial charge is 0.255 e. The van der Waals surface area contributed by atoms with Gasteiger partial charge in [0.1, 0.15) is 0 Å². The number of anilines is 3. The van der Waals surface area contributed by atoms with Crippen LogP contribution in [-0.4, -0.2) is 34.2 Å². The lowest BCUT2D eigenvalue weighted by atomic mass is 10.2. The van der Waals surface area contributed by atoms with Crippen LogP contribution in [0.3, 0.4) is 0 Å². The molecule has 0 fully saturated rings. The quantitative estimate of drug-likeness (QED) is 0.646. The minimum absolute atomic E-state index is 0.348. The summed E-state index contributed by atoms with van der Waals surface area (Å²) in [4.78, 5) is 12.3. The second kappa shape index (κ2) is 7.97. The van der Waals surface area contributed by atoms with Crippen molar-refractivity contribution in [3.8, 4) is 0 Å². The third kappa shape index (κ3) is 6.26. The fourth-order valence-corrected chi connectivity index (χ4v) is 3.28. The molecule has 0 spiro atoms. The first-order chi connectivity index (χ1) is 12.5. The van der Waals surface area contributed by atoms with Crippen LogP contribution in [0, 0.1) is 0 Å². The summed E-state index contributed by atoms with van der Waals surface area (Å²) < 4.78 is 50.8. The van der Waals surface area contributed by atoms with Gasteiger partial charge in [-0.2, -0.15) is 0 Å². The van der Waals surface area contributed by atoms with Gasteiger partial charge in [0.2, 0.25) is 20.0 Å². The SMILES string of the molecule is CC(C)S(=O)(=O)Nc1ccc(C(=O)Nc2ccc(NS(C)(=O)=O)cc2)cc1. The van der Waals surface area contributed by atoms with Crippen LogP contribution in [0.2, 0.25) is 0 Å². The van der Waals surface area contributed by atoms with Crippen molar-refractivity contribution >= 4 is 43.0 Å². The fraction of sp³-hybridized carbons (Fsp3) is 0.235. The Morgan fingerprint density at radius 3 is 1.70 bits per heavy atom. The first-order valence-corrected chi connectivity index (χ1v) is 11.4. The lowest BCUT2D eigenvalue weighted by Gasteiger charge is -2.11. The summed E-state index contributed by atoms with van der Waals surface area (Å²) in [5.74, 6) is -0.378. The van der Waals surface area contributed by atoms with Gasteiger partial charge in [0.15, 0.2) is 0 Å². The number of carbonyl (C=O) groups excluding carboxylic acids is 1. The molecule has 0 aliphatic rings. The molecule has 3 N–H and O–H groups in total. The highest BCUT2D eigenvalue weighted by molar-refractivity contribution is 7.93. The molecular formula is C17H21N3O5S2. The summed E-state index contributed by atoms with van der Waals surface area (Å²) in [6, 6.07) is 12.2. The Kier molecular flexibility index (Phi) is 6.11. The zero-order valence-corrected chi connectivity index (χ0v) is 16.7. The van der Waals surface area contributed by atoms with Gasteiger partial charge in [-0.1, -0.05) is 0 Å². The number of rotatable bonds is 7. The van der Waals surface area contributed by atoms with Gasteiger partial charge in [-0.15, -0.1) is 0 Å².